The second-order valence-corrected chi connectivity index (χ2v) is 7.80. The number of nitrogens with zero attached hydrogens (tertiary/aromatic N) is 1. The van der Waals surface area contributed by atoms with Gasteiger partial charge in [0.25, 0.3) is 0 Å². The molecule has 0 aliphatic heterocycles. The van der Waals surface area contributed by atoms with E-state index in [4.69, 9.17) is 0 Å². The molecule has 0 aromatic rings. The molecule has 0 aromatic carbocycles. The van der Waals surface area contributed by atoms with E-state index in [1.807, 2.05) is 7.05 Å². The van der Waals surface area contributed by atoms with E-state index in [9.17, 15) is 4.79 Å². The summed E-state index contributed by atoms with van der Waals surface area (Å²) >= 11 is 0. The first-order chi connectivity index (χ1) is 12.0. The Bertz CT molecular complexity index is 319. The molecule has 0 aromatic heterocycles. The third-order valence-corrected chi connectivity index (χ3v) is 5.67. The van der Waals surface area contributed by atoms with E-state index in [1.54, 1.807) is 0 Å². The Morgan fingerprint density at radius 1 is 0.800 bits per heavy atom. The van der Waals surface area contributed by atoms with Crippen molar-refractivity contribution >= 4 is 5.78 Å². The maximum absolute atomic E-state index is 12.8. The number of ketones is 1. The Balaban J connectivity index is 3.94. The number of Topliss-reactive ketones (excluding diaryl/α,β-unsaturated/α-hetero) is 1. The van der Waals surface area contributed by atoms with Gasteiger partial charge in [0.2, 0.25) is 0 Å². The van der Waals surface area contributed by atoms with E-state index in [1.165, 1.54) is 70.6 Å². The number of carbonyl (C=O) groups excluding carboxylic acids is 1. The fraction of sp³-hybridized carbons (Fsp3) is 0.955. The van der Waals surface area contributed by atoms with Gasteiger partial charge >= 0.3 is 0 Å². The lowest BCUT2D eigenvalue weighted by molar-refractivity contribution is -0.132. The Hall–Kier alpha value is -0.410. The van der Waals surface area contributed by atoms with E-state index < -0.39 is 0 Å². The van der Waals surface area contributed by atoms with Crippen LogP contribution in [0.4, 0.5) is 0 Å². The molecule has 0 heterocycles. The molecule has 0 saturated heterocycles. The molecule has 25 heavy (non-hydrogen) atoms. The van der Waals surface area contributed by atoms with Crippen LogP contribution in [0, 0.1) is 0 Å². The molecule has 0 rings (SSSR count). The third-order valence-electron chi connectivity index (χ3n) is 5.67. The number of carbonyl (C=O) groups is 1. The quantitative estimate of drug-likeness (QED) is 0.232. The molecule has 0 radical (unpaired) electrons. The molecule has 0 aliphatic rings. The number of hydrogen-bond donors (Lipinski definition) is 1. The highest BCUT2D eigenvalue weighted by atomic mass is 16.1. The van der Waals surface area contributed by atoms with Crippen molar-refractivity contribution in [2.75, 3.05) is 13.6 Å². The predicted molar refractivity (Wildman–Crippen MR) is 111 cm³/mol. The molecule has 3 nitrogen and oxygen atoms in total. The van der Waals surface area contributed by atoms with E-state index >= 15 is 0 Å². The van der Waals surface area contributed by atoms with Gasteiger partial charge in [0, 0.05) is 20.0 Å². The minimum absolute atomic E-state index is 0.369. The van der Waals surface area contributed by atoms with Crippen molar-refractivity contribution in [1.29, 1.82) is 0 Å². The molecule has 3 heteroatoms. The lowest BCUT2D eigenvalue weighted by atomic mass is 9.89. The van der Waals surface area contributed by atoms with Crippen LogP contribution in [0.2, 0.25) is 0 Å². The number of likely N-dealkylation sites (N-methyl/N-ethyl adjacent to an activating group) is 1. The van der Waals surface area contributed by atoms with Crippen LogP contribution in [0.5, 0.6) is 0 Å². The molecule has 0 aliphatic carbocycles. The van der Waals surface area contributed by atoms with E-state index in [0.717, 1.165) is 25.8 Å². The van der Waals surface area contributed by atoms with Gasteiger partial charge in [-0.05, 0) is 26.2 Å². The van der Waals surface area contributed by atoms with E-state index in [2.05, 4.69) is 38.1 Å². The largest absolute Gasteiger partial charge is 0.298 e. The zero-order chi connectivity index (χ0) is 19.0. The van der Waals surface area contributed by atoms with Crippen molar-refractivity contribution in [2.45, 2.75) is 123 Å². The predicted octanol–water partition coefficient (Wildman–Crippen LogP) is 6.27. The summed E-state index contributed by atoms with van der Waals surface area (Å²) in [5.74, 6) is 0.392. The molecule has 1 atom stereocenters. The summed E-state index contributed by atoms with van der Waals surface area (Å²) in [6, 6.07) is 0. The van der Waals surface area contributed by atoms with Crippen molar-refractivity contribution in [2.24, 2.45) is 0 Å². The summed E-state index contributed by atoms with van der Waals surface area (Å²) in [7, 11) is 2.03. The zero-order valence-corrected chi connectivity index (χ0v) is 18.0. The lowest BCUT2D eigenvalue weighted by Gasteiger charge is -2.37. The van der Waals surface area contributed by atoms with E-state index in [-0.39, 0.29) is 5.54 Å². The highest BCUT2D eigenvalue weighted by Crippen LogP contribution is 2.21. The van der Waals surface area contributed by atoms with Crippen molar-refractivity contribution in [3.63, 3.8) is 0 Å². The van der Waals surface area contributed by atoms with Crippen LogP contribution in [0.25, 0.3) is 0 Å². The maximum Gasteiger partial charge on any atom is 0.154 e. The Morgan fingerprint density at radius 3 is 1.80 bits per heavy atom. The van der Waals surface area contributed by atoms with Gasteiger partial charge < -0.3 is 0 Å². The second kappa shape index (κ2) is 15.8. The average Bonchev–Trinajstić information content (AvgIpc) is 2.62. The van der Waals surface area contributed by atoms with Gasteiger partial charge in [-0.25, -0.2) is 5.01 Å². The minimum Gasteiger partial charge on any atom is -0.298 e. The summed E-state index contributed by atoms with van der Waals surface area (Å²) in [5.41, 5.74) is 3.07. The normalized spacial score (nSPS) is 14.0. The van der Waals surface area contributed by atoms with Crippen LogP contribution in [0.3, 0.4) is 0 Å². The van der Waals surface area contributed by atoms with Crippen LogP contribution in [0.15, 0.2) is 0 Å². The fourth-order valence-electron chi connectivity index (χ4n) is 3.28. The zero-order valence-electron chi connectivity index (χ0n) is 18.0. The topological polar surface area (TPSA) is 32.3 Å². The second-order valence-electron chi connectivity index (χ2n) is 7.80. The van der Waals surface area contributed by atoms with Crippen LogP contribution in [-0.2, 0) is 4.79 Å². The van der Waals surface area contributed by atoms with Gasteiger partial charge in [-0.15, -0.1) is 0 Å². The Morgan fingerprint density at radius 2 is 1.28 bits per heavy atom. The van der Waals surface area contributed by atoms with E-state index in [0.29, 0.717) is 5.78 Å². The molecule has 0 amide bonds. The number of unbranched alkanes of at least 4 members (excludes halogenated alkanes) is 10. The van der Waals surface area contributed by atoms with Crippen LogP contribution >= 0.6 is 0 Å². The van der Waals surface area contributed by atoms with Crippen molar-refractivity contribution < 1.29 is 4.79 Å². The van der Waals surface area contributed by atoms with Gasteiger partial charge in [-0.1, -0.05) is 85.0 Å². The van der Waals surface area contributed by atoms with Crippen LogP contribution in [-0.4, -0.2) is 29.9 Å². The summed E-state index contributed by atoms with van der Waals surface area (Å²) in [6.07, 6.45) is 16.9. The number of hydrogen-bond acceptors (Lipinski definition) is 3. The maximum atomic E-state index is 12.8. The number of nitrogens with one attached hydrogen (secondary N) is 1. The van der Waals surface area contributed by atoms with Crippen molar-refractivity contribution in [1.82, 2.24) is 10.4 Å². The molecule has 0 fully saturated rings. The standard InChI is InChI=1S/C22H46N2O/c1-6-9-11-12-13-14-15-16-17-19-21(25)22(4,8-3)24(5)23-20-18-10-7-2/h23H,6-20H2,1-5H3. The minimum atomic E-state index is -0.369. The highest BCUT2D eigenvalue weighted by Gasteiger charge is 2.34. The molecule has 1 unspecified atom stereocenters. The summed E-state index contributed by atoms with van der Waals surface area (Å²) in [4.78, 5) is 12.8. The van der Waals surface area contributed by atoms with Gasteiger partial charge in [0.1, 0.15) is 0 Å². The molecular weight excluding hydrogens is 308 g/mol. The van der Waals surface area contributed by atoms with Gasteiger partial charge in [-0.2, -0.15) is 0 Å². The smallest absolute Gasteiger partial charge is 0.154 e. The average molecular weight is 355 g/mol. The fourth-order valence-corrected chi connectivity index (χ4v) is 3.28. The summed E-state index contributed by atoms with van der Waals surface area (Å²) < 4.78 is 0. The third kappa shape index (κ3) is 11.0. The first-order valence-corrected chi connectivity index (χ1v) is 11.0. The first-order valence-electron chi connectivity index (χ1n) is 11.0. The first kappa shape index (κ1) is 24.6. The summed E-state index contributed by atoms with van der Waals surface area (Å²) in [6.45, 7) is 9.66. The molecule has 0 bridgehead atoms. The monoisotopic (exact) mass is 354 g/mol. The Labute approximate surface area is 158 Å². The molecule has 0 spiro atoms. The lowest BCUT2D eigenvalue weighted by Crippen LogP contribution is -2.56. The van der Waals surface area contributed by atoms with Gasteiger partial charge in [0.15, 0.2) is 5.78 Å². The highest BCUT2D eigenvalue weighted by molar-refractivity contribution is 5.87. The van der Waals surface area contributed by atoms with Crippen LogP contribution in [0.1, 0.15) is 118 Å². The molecule has 150 valence electrons. The molecule has 0 saturated carbocycles. The SMILES string of the molecule is CCCCCCCCCCCC(=O)C(C)(CC)N(C)NCCCCC. The van der Waals surface area contributed by atoms with Crippen molar-refractivity contribution in [3.05, 3.63) is 0 Å². The Kier molecular flexibility index (Phi) is 15.6. The van der Waals surface area contributed by atoms with Gasteiger partial charge in [0.05, 0.1) is 5.54 Å². The van der Waals surface area contributed by atoms with Crippen molar-refractivity contribution in [3.8, 4) is 0 Å². The van der Waals surface area contributed by atoms with Gasteiger partial charge in [-0.3, -0.25) is 10.2 Å². The number of rotatable bonds is 18. The van der Waals surface area contributed by atoms with Crippen LogP contribution < -0.4 is 5.43 Å². The molecular formula is C22H46N2O. The molecule has 1 N–H and O–H groups in total. The summed E-state index contributed by atoms with van der Waals surface area (Å²) in [5, 5.41) is 2.07. The number of hydrazine groups is 1.